The fourth-order valence-electron chi connectivity index (χ4n) is 1.95. The van der Waals surface area contributed by atoms with Gasteiger partial charge >= 0.3 is 0 Å². The van der Waals surface area contributed by atoms with Crippen LogP contribution in [-0.4, -0.2) is 22.8 Å². The first-order chi connectivity index (χ1) is 6.68. The fourth-order valence-corrected chi connectivity index (χ4v) is 1.95. The molecule has 0 radical (unpaired) electrons. The van der Waals surface area contributed by atoms with Crippen molar-refractivity contribution in [3.05, 3.63) is 29.6 Å². The number of rotatable bonds is 1. The van der Waals surface area contributed by atoms with E-state index in [4.69, 9.17) is 0 Å². The van der Waals surface area contributed by atoms with Gasteiger partial charge < -0.3 is 4.90 Å². The van der Waals surface area contributed by atoms with E-state index in [-0.39, 0.29) is 11.9 Å². The zero-order chi connectivity index (χ0) is 10.1. The molecule has 0 spiro atoms. The maximum atomic E-state index is 11.3. The molecular weight excluding hydrogens is 176 g/mol. The van der Waals surface area contributed by atoms with Crippen molar-refractivity contribution in [2.75, 3.05) is 7.05 Å². The highest BCUT2D eigenvalue weighted by Gasteiger charge is 2.28. The Morgan fingerprint density at radius 3 is 2.86 bits per heavy atom. The zero-order valence-corrected chi connectivity index (χ0v) is 8.53. The normalized spacial score (nSPS) is 21.7. The lowest BCUT2D eigenvalue weighted by Gasteiger charge is -2.19. The van der Waals surface area contributed by atoms with E-state index in [2.05, 4.69) is 11.1 Å². The monoisotopic (exact) mass is 190 g/mol. The predicted molar refractivity (Wildman–Crippen MR) is 53.7 cm³/mol. The summed E-state index contributed by atoms with van der Waals surface area (Å²) in [5.41, 5.74) is 2.30. The standard InChI is InChI=1S/C11H14N2O/c1-8-5-9(7-12-6-8)10-3-4-11(14)13(10)2/h5-7,10H,3-4H2,1-2H3/t10-/m0/s1. The molecule has 0 aromatic carbocycles. The molecule has 1 aliphatic rings. The molecule has 1 fully saturated rings. The maximum Gasteiger partial charge on any atom is 0.222 e. The summed E-state index contributed by atoms with van der Waals surface area (Å²) in [6.45, 7) is 2.02. The first-order valence-corrected chi connectivity index (χ1v) is 4.85. The van der Waals surface area contributed by atoms with Crippen molar-refractivity contribution in [2.45, 2.75) is 25.8 Å². The van der Waals surface area contributed by atoms with E-state index >= 15 is 0 Å². The Kier molecular flexibility index (Phi) is 2.23. The molecule has 0 unspecified atom stereocenters. The third-order valence-corrected chi connectivity index (χ3v) is 2.77. The molecule has 1 atom stereocenters. The van der Waals surface area contributed by atoms with E-state index in [1.165, 1.54) is 0 Å². The Balaban J connectivity index is 2.28. The smallest absolute Gasteiger partial charge is 0.222 e. The number of likely N-dealkylation sites (tertiary alicyclic amines) is 1. The van der Waals surface area contributed by atoms with E-state index in [9.17, 15) is 4.79 Å². The number of pyridine rings is 1. The third kappa shape index (κ3) is 1.50. The van der Waals surface area contributed by atoms with Crippen molar-refractivity contribution in [3.63, 3.8) is 0 Å². The maximum absolute atomic E-state index is 11.3. The minimum atomic E-state index is 0.231. The summed E-state index contributed by atoms with van der Waals surface area (Å²) in [5.74, 6) is 0.233. The highest BCUT2D eigenvalue weighted by Crippen LogP contribution is 2.30. The second-order valence-electron chi connectivity index (χ2n) is 3.85. The van der Waals surface area contributed by atoms with E-state index in [1.54, 1.807) is 0 Å². The highest BCUT2D eigenvalue weighted by atomic mass is 16.2. The van der Waals surface area contributed by atoms with Gasteiger partial charge in [0.05, 0.1) is 6.04 Å². The molecule has 0 N–H and O–H groups in total. The molecule has 1 saturated heterocycles. The second-order valence-corrected chi connectivity index (χ2v) is 3.85. The van der Waals surface area contributed by atoms with Gasteiger partial charge in [0, 0.05) is 25.9 Å². The van der Waals surface area contributed by atoms with Crippen molar-refractivity contribution >= 4 is 5.91 Å². The van der Waals surface area contributed by atoms with Gasteiger partial charge in [-0.05, 0) is 24.5 Å². The van der Waals surface area contributed by atoms with Gasteiger partial charge in [-0.1, -0.05) is 6.07 Å². The fraction of sp³-hybridized carbons (Fsp3) is 0.455. The lowest BCUT2D eigenvalue weighted by atomic mass is 10.1. The molecule has 2 heterocycles. The number of hydrogen-bond acceptors (Lipinski definition) is 2. The number of carbonyl (C=O) groups is 1. The van der Waals surface area contributed by atoms with Gasteiger partial charge in [0.25, 0.3) is 0 Å². The highest BCUT2D eigenvalue weighted by molar-refractivity contribution is 5.78. The molecule has 3 heteroatoms. The Bertz CT molecular complexity index is 362. The summed E-state index contributed by atoms with van der Waals surface area (Å²) in [6, 6.07) is 2.34. The van der Waals surface area contributed by atoms with Crippen LogP contribution < -0.4 is 0 Å². The van der Waals surface area contributed by atoms with Crippen LogP contribution in [-0.2, 0) is 4.79 Å². The van der Waals surface area contributed by atoms with E-state index < -0.39 is 0 Å². The molecule has 2 rings (SSSR count). The molecule has 74 valence electrons. The summed E-state index contributed by atoms with van der Waals surface area (Å²) in [4.78, 5) is 17.3. The number of aromatic nitrogens is 1. The van der Waals surface area contributed by atoms with Crippen LogP contribution in [0, 0.1) is 6.92 Å². The lowest BCUT2D eigenvalue weighted by molar-refractivity contribution is -0.127. The average Bonchev–Trinajstić information content (AvgIpc) is 2.48. The van der Waals surface area contributed by atoms with Crippen LogP contribution in [0.15, 0.2) is 18.5 Å². The van der Waals surface area contributed by atoms with Gasteiger partial charge in [-0.2, -0.15) is 0 Å². The van der Waals surface area contributed by atoms with Crippen LogP contribution in [0.2, 0.25) is 0 Å². The Morgan fingerprint density at radius 1 is 1.50 bits per heavy atom. The Labute approximate surface area is 83.8 Å². The van der Waals surface area contributed by atoms with Gasteiger partial charge in [-0.25, -0.2) is 0 Å². The SMILES string of the molecule is Cc1cncc([C@@H]2CCC(=O)N2C)c1. The van der Waals surface area contributed by atoms with Crippen LogP contribution in [0.1, 0.15) is 30.0 Å². The first-order valence-electron chi connectivity index (χ1n) is 4.85. The summed E-state index contributed by atoms with van der Waals surface area (Å²) in [5, 5.41) is 0. The molecule has 14 heavy (non-hydrogen) atoms. The minimum absolute atomic E-state index is 0.231. The number of aryl methyl sites for hydroxylation is 1. The minimum Gasteiger partial charge on any atom is -0.339 e. The van der Waals surface area contributed by atoms with Gasteiger partial charge in [0.2, 0.25) is 5.91 Å². The summed E-state index contributed by atoms with van der Waals surface area (Å²) >= 11 is 0. The van der Waals surface area contributed by atoms with Gasteiger partial charge in [-0.3, -0.25) is 9.78 Å². The molecular formula is C11H14N2O. The molecule has 1 aromatic heterocycles. The van der Waals surface area contributed by atoms with Gasteiger partial charge in [0.1, 0.15) is 0 Å². The zero-order valence-electron chi connectivity index (χ0n) is 8.53. The molecule has 0 aliphatic carbocycles. The van der Waals surface area contributed by atoms with Crippen molar-refractivity contribution < 1.29 is 4.79 Å². The van der Waals surface area contributed by atoms with Crippen LogP contribution in [0.4, 0.5) is 0 Å². The predicted octanol–water partition coefficient (Wildman–Crippen LogP) is 1.68. The molecule has 0 bridgehead atoms. The molecule has 1 amide bonds. The molecule has 1 aliphatic heterocycles. The van der Waals surface area contributed by atoms with E-state index in [0.717, 1.165) is 17.5 Å². The number of nitrogens with zero attached hydrogens (tertiary/aromatic N) is 2. The van der Waals surface area contributed by atoms with Crippen molar-refractivity contribution in [2.24, 2.45) is 0 Å². The summed E-state index contributed by atoms with van der Waals surface area (Å²) in [6.07, 6.45) is 5.27. The largest absolute Gasteiger partial charge is 0.339 e. The molecule has 1 aromatic rings. The quantitative estimate of drug-likeness (QED) is 0.675. The number of hydrogen-bond donors (Lipinski definition) is 0. The van der Waals surface area contributed by atoms with E-state index in [1.807, 2.05) is 31.3 Å². The van der Waals surface area contributed by atoms with Crippen molar-refractivity contribution in [1.82, 2.24) is 9.88 Å². The van der Waals surface area contributed by atoms with Crippen molar-refractivity contribution in [3.8, 4) is 0 Å². The summed E-state index contributed by atoms with van der Waals surface area (Å²) in [7, 11) is 1.86. The van der Waals surface area contributed by atoms with E-state index in [0.29, 0.717) is 6.42 Å². The third-order valence-electron chi connectivity index (χ3n) is 2.77. The van der Waals surface area contributed by atoms with Gasteiger partial charge in [-0.15, -0.1) is 0 Å². The van der Waals surface area contributed by atoms with Crippen LogP contribution >= 0.6 is 0 Å². The van der Waals surface area contributed by atoms with Gasteiger partial charge in [0.15, 0.2) is 0 Å². The Morgan fingerprint density at radius 2 is 2.29 bits per heavy atom. The van der Waals surface area contributed by atoms with Crippen LogP contribution in [0.5, 0.6) is 0 Å². The molecule has 3 nitrogen and oxygen atoms in total. The Hall–Kier alpha value is -1.38. The number of amides is 1. The van der Waals surface area contributed by atoms with Crippen LogP contribution in [0.25, 0.3) is 0 Å². The number of carbonyl (C=O) groups excluding carboxylic acids is 1. The summed E-state index contributed by atoms with van der Waals surface area (Å²) < 4.78 is 0. The topological polar surface area (TPSA) is 33.2 Å². The lowest BCUT2D eigenvalue weighted by Crippen LogP contribution is -2.22. The van der Waals surface area contributed by atoms with Crippen LogP contribution in [0.3, 0.4) is 0 Å². The molecule has 0 saturated carbocycles. The van der Waals surface area contributed by atoms with Crippen molar-refractivity contribution in [1.29, 1.82) is 0 Å². The second kappa shape index (κ2) is 3.40. The average molecular weight is 190 g/mol. The first kappa shape index (κ1) is 9.19.